The highest BCUT2D eigenvalue weighted by Gasteiger charge is 2.05. The van der Waals surface area contributed by atoms with Crippen molar-refractivity contribution >= 4 is 64.6 Å². The molecule has 0 aromatic heterocycles. The van der Waals surface area contributed by atoms with Gasteiger partial charge in [0.15, 0.2) is 0 Å². The fourth-order valence-corrected chi connectivity index (χ4v) is 7.06. The predicted octanol–water partition coefficient (Wildman–Crippen LogP) is 13.8. The van der Waals surface area contributed by atoms with Crippen molar-refractivity contribution in [3.63, 3.8) is 0 Å². The molecule has 0 fully saturated rings. The largest absolute Gasteiger partial charge is 0.0616 e. The van der Waals surface area contributed by atoms with Crippen molar-refractivity contribution in [2.45, 2.75) is 41.5 Å². The Labute approximate surface area is 284 Å². The zero-order valence-electron chi connectivity index (χ0n) is 28.9. The fourth-order valence-electron chi connectivity index (χ4n) is 7.06. The average molecular weight is 619 g/mol. The summed E-state index contributed by atoms with van der Waals surface area (Å²) in [7, 11) is 0. The van der Waals surface area contributed by atoms with E-state index >= 15 is 0 Å². The van der Waals surface area contributed by atoms with Crippen LogP contribution in [0.4, 0.5) is 0 Å². The third kappa shape index (κ3) is 6.15. The molecule has 9 aromatic rings. The van der Waals surface area contributed by atoms with Gasteiger partial charge in [0.05, 0.1) is 0 Å². The van der Waals surface area contributed by atoms with E-state index in [1.807, 2.05) is 0 Å². The second kappa shape index (κ2) is 13.0. The molecule has 9 rings (SSSR count). The van der Waals surface area contributed by atoms with Crippen molar-refractivity contribution in [2.24, 2.45) is 0 Å². The van der Waals surface area contributed by atoms with Gasteiger partial charge in [0.1, 0.15) is 0 Å². The van der Waals surface area contributed by atoms with Gasteiger partial charge in [-0.15, -0.1) is 0 Å². The molecule has 0 bridgehead atoms. The smallest absolute Gasteiger partial charge is 0.0146 e. The Kier molecular flexibility index (Phi) is 8.42. The first kappa shape index (κ1) is 31.2. The van der Waals surface area contributed by atoms with Crippen LogP contribution in [0.1, 0.15) is 33.4 Å². The van der Waals surface area contributed by atoms with E-state index in [0.717, 1.165) is 0 Å². The van der Waals surface area contributed by atoms with Gasteiger partial charge in [-0.3, -0.25) is 0 Å². The molecule has 0 radical (unpaired) electrons. The van der Waals surface area contributed by atoms with Crippen molar-refractivity contribution in [2.75, 3.05) is 0 Å². The zero-order chi connectivity index (χ0) is 33.4. The van der Waals surface area contributed by atoms with Crippen LogP contribution in [0, 0.1) is 41.5 Å². The second-order valence-corrected chi connectivity index (χ2v) is 13.4. The van der Waals surface area contributed by atoms with Crippen LogP contribution in [0.25, 0.3) is 64.6 Å². The quantitative estimate of drug-likeness (QED) is 0.148. The van der Waals surface area contributed by atoms with Crippen LogP contribution in [0.2, 0.25) is 0 Å². The summed E-state index contributed by atoms with van der Waals surface area (Å²) in [6.07, 6.45) is 0. The Balaban J connectivity index is 0.000000114. The monoisotopic (exact) mass is 618 g/mol. The first-order chi connectivity index (χ1) is 23.2. The van der Waals surface area contributed by atoms with Gasteiger partial charge in [0.25, 0.3) is 0 Å². The molecule has 0 aliphatic heterocycles. The lowest BCUT2D eigenvalue weighted by atomic mass is 9.95. The number of hydrogen-bond acceptors (Lipinski definition) is 0. The Bertz CT molecular complexity index is 2470. The minimum Gasteiger partial charge on any atom is -0.0616 e. The molecule has 234 valence electrons. The molecule has 0 heterocycles. The summed E-state index contributed by atoms with van der Waals surface area (Å²) >= 11 is 0. The molecule has 0 heteroatoms. The number of hydrogen-bond donors (Lipinski definition) is 0. The van der Waals surface area contributed by atoms with Crippen LogP contribution in [-0.4, -0.2) is 0 Å². The zero-order valence-corrected chi connectivity index (χ0v) is 28.9. The van der Waals surface area contributed by atoms with Crippen LogP contribution in [0.15, 0.2) is 146 Å². The van der Waals surface area contributed by atoms with Crippen LogP contribution < -0.4 is 0 Å². The summed E-state index contributed by atoms with van der Waals surface area (Å²) in [5.74, 6) is 0. The van der Waals surface area contributed by atoms with E-state index < -0.39 is 0 Å². The first-order valence-corrected chi connectivity index (χ1v) is 16.9. The maximum atomic E-state index is 2.30. The summed E-state index contributed by atoms with van der Waals surface area (Å²) < 4.78 is 0. The molecular weight excluding hydrogens is 577 g/mol. The van der Waals surface area contributed by atoms with Crippen molar-refractivity contribution in [1.29, 1.82) is 0 Å². The number of rotatable bonds is 0. The molecule has 0 aliphatic rings. The molecule has 0 unspecified atom stereocenters. The van der Waals surface area contributed by atoms with Crippen molar-refractivity contribution < 1.29 is 0 Å². The Morgan fingerprint density at radius 3 is 1.23 bits per heavy atom. The number of fused-ring (bicyclic) bond motifs is 6. The highest BCUT2D eigenvalue weighted by Crippen LogP contribution is 2.30. The van der Waals surface area contributed by atoms with Crippen LogP contribution in [-0.2, 0) is 0 Å². The van der Waals surface area contributed by atoms with Gasteiger partial charge in [-0.05, 0) is 159 Å². The van der Waals surface area contributed by atoms with Gasteiger partial charge in [0.2, 0.25) is 0 Å². The molecule has 0 spiro atoms. The molecule has 0 atom stereocenters. The van der Waals surface area contributed by atoms with Gasteiger partial charge < -0.3 is 0 Å². The van der Waals surface area contributed by atoms with Gasteiger partial charge >= 0.3 is 0 Å². The van der Waals surface area contributed by atoms with E-state index in [9.17, 15) is 0 Å². The third-order valence-corrected chi connectivity index (χ3v) is 9.81. The Morgan fingerprint density at radius 2 is 0.667 bits per heavy atom. The van der Waals surface area contributed by atoms with Crippen LogP contribution in [0.5, 0.6) is 0 Å². The van der Waals surface area contributed by atoms with Crippen molar-refractivity contribution in [1.82, 2.24) is 0 Å². The molecule has 0 saturated heterocycles. The van der Waals surface area contributed by atoms with E-state index in [4.69, 9.17) is 0 Å². The molecule has 0 amide bonds. The van der Waals surface area contributed by atoms with E-state index in [-0.39, 0.29) is 0 Å². The summed E-state index contributed by atoms with van der Waals surface area (Å²) in [5, 5.41) is 16.1. The van der Waals surface area contributed by atoms with Gasteiger partial charge in [0, 0.05) is 0 Å². The topological polar surface area (TPSA) is 0 Å². The Morgan fingerprint density at radius 1 is 0.250 bits per heavy atom. The standard InChI is InChI=1S/3C16H14/c1-11-3-5-13-10-16-8-12(2)4-6-14(16)9-15(13)7-11;1-11-5-3-7-13-10-16-12(2)6-4-8-14(16)9-15(11)13;1-11-6-5-9-15-12(2)14-8-4-3-7-13(14)10-16(11)15/h3*3-10H,1-2H3. The predicted molar refractivity (Wildman–Crippen MR) is 213 cm³/mol. The summed E-state index contributed by atoms with van der Waals surface area (Å²) in [6.45, 7) is 13.0. The SMILES string of the molecule is Cc1ccc2cc3cc(C)ccc3cc2c1.Cc1cccc2c(C)c3ccccc3cc12.Cc1cccc2cc3c(C)cccc3cc12. The van der Waals surface area contributed by atoms with Gasteiger partial charge in [-0.2, -0.15) is 0 Å². The molecule has 0 nitrogen and oxygen atoms in total. The average Bonchev–Trinajstić information content (AvgIpc) is 3.09. The number of benzene rings is 9. The molecule has 9 aromatic carbocycles. The van der Waals surface area contributed by atoms with E-state index in [0.29, 0.717) is 0 Å². The third-order valence-electron chi connectivity index (χ3n) is 9.81. The maximum absolute atomic E-state index is 2.30. The highest BCUT2D eigenvalue weighted by molar-refractivity contribution is 6.03. The minimum atomic E-state index is 1.32. The minimum absolute atomic E-state index is 1.32. The lowest BCUT2D eigenvalue weighted by Gasteiger charge is -2.09. The Hall–Kier alpha value is -5.46. The molecule has 0 saturated carbocycles. The van der Waals surface area contributed by atoms with Crippen LogP contribution in [0.3, 0.4) is 0 Å². The molecule has 0 N–H and O–H groups in total. The summed E-state index contributed by atoms with van der Waals surface area (Å²) in [6, 6.07) is 52.8. The molecule has 48 heavy (non-hydrogen) atoms. The summed E-state index contributed by atoms with van der Waals surface area (Å²) in [4.78, 5) is 0. The molecule has 0 aliphatic carbocycles. The number of aryl methyl sites for hydroxylation is 6. The first-order valence-electron chi connectivity index (χ1n) is 16.9. The fraction of sp³-hybridized carbons (Fsp3) is 0.125. The highest BCUT2D eigenvalue weighted by atomic mass is 14.1. The lowest BCUT2D eigenvalue weighted by molar-refractivity contribution is 1.50. The van der Waals surface area contributed by atoms with Crippen LogP contribution >= 0.6 is 0 Å². The summed E-state index contributed by atoms with van der Waals surface area (Å²) in [5.41, 5.74) is 8.07. The van der Waals surface area contributed by atoms with Crippen molar-refractivity contribution in [3.05, 3.63) is 179 Å². The van der Waals surface area contributed by atoms with Gasteiger partial charge in [-0.1, -0.05) is 126 Å². The van der Waals surface area contributed by atoms with Gasteiger partial charge in [-0.25, -0.2) is 0 Å². The van der Waals surface area contributed by atoms with Crippen molar-refractivity contribution in [3.8, 4) is 0 Å². The second-order valence-electron chi connectivity index (χ2n) is 13.4. The van der Waals surface area contributed by atoms with E-state index in [1.54, 1.807) is 0 Å². The lowest BCUT2D eigenvalue weighted by Crippen LogP contribution is -1.84. The van der Waals surface area contributed by atoms with E-state index in [1.165, 1.54) is 98.0 Å². The van der Waals surface area contributed by atoms with E-state index in [2.05, 4.69) is 187 Å². The normalized spacial score (nSPS) is 11.1. The maximum Gasteiger partial charge on any atom is -0.0146 e. The molecular formula is C48H42.